The maximum absolute atomic E-state index is 12.9. The molecule has 1 aromatic carbocycles. The van der Waals surface area contributed by atoms with E-state index in [4.69, 9.17) is 5.73 Å². The first kappa shape index (κ1) is 16.1. The number of likely N-dealkylation sites (N-methyl/N-ethyl adjacent to an activating group) is 1. The third-order valence-corrected chi connectivity index (χ3v) is 5.44. The zero-order valence-corrected chi connectivity index (χ0v) is 14.5. The highest BCUT2D eigenvalue weighted by Crippen LogP contribution is 2.44. The van der Waals surface area contributed by atoms with Gasteiger partial charge in [0.1, 0.15) is 6.04 Å². The molecule has 0 spiro atoms. The molecule has 3 rings (SSSR count). The molecule has 4 atom stereocenters. The minimum Gasteiger partial charge on any atom is -0.368 e. The van der Waals surface area contributed by atoms with Crippen molar-refractivity contribution < 1.29 is 14.4 Å². The number of rotatable bonds is 3. The minimum absolute atomic E-state index is 0.158. The molecule has 0 saturated carbocycles. The third kappa shape index (κ3) is 2.30. The molecule has 2 aliphatic heterocycles. The molecule has 0 radical (unpaired) electrons. The lowest BCUT2D eigenvalue weighted by molar-refractivity contribution is -0.129. The Balaban J connectivity index is 2.03. The van der Waals surface area contributed by atoms with Crippen LogP contribution in [0.4, 0.5) is 5.69 Å². The first-order valence-electron chi connectivity index (χ1n) is 7.53. The van der Waals surface area contributed by atoms with Gasteiger partial charge in [-0.15, -0.1) is 0 Å². The predicted molar refractivity (Wildman–Crippen MR) is 88.4 cm³/mol. The molecule has 0 aliphatic carbocycles. The van der Waals surface area contributed by atoms with Crippen molar-refractivity contribution in [2.45, 2.75) is 25.4 Å². The van der Waals surface area contributed by atoms with E-state index in [2.05, 4.69) is 15.9 Å². The molecule has 0 unspecified atom stereocenters. The Morgan fingerprint density at radius 3 is 2.26 bits per heavy atom. The maximum atomic E-state index is 12.9. The molecule has 7 heteroatoms. The van der Waals surface area contributed by atoms with Gasteiger partial charge < -0.3 is 5.73 Å². The molecular formula is C16H18BrN3O3. The monoisotopic (exact) mass is 379 g/mol. The molecule has 2 aliphatic rings. The Labute approximate surface area is 142 Å². The van der Waals surface area contributed by atoms with Crippen LogP contribution in [0.1, 0.15) is 13.3 Å². The number of carbonyl (C=O) groups is 3. The second-order valence-electron chi connectivity index (χ2n) is 6.03. The number of imide groups is 1. The van der Waals surface area contributed by atoms with Gasteiger partial charge in [0.25, 0.3) is 0 Å². The summed E-state index contributed by atoms with van der Waals surface area (Å²) in [7, 11) is 1.76. The van der Waals surface area contributed by atoms with Crippen LogP contribution in [-0.2, 0) is 14.4 Å². The number of primary amides is 1. The number of amides is 3. The molecule has 0 aromatic heterocycles. The van der Waals surface area contributed by atoms with Crippen LogP contribution >= 0.6 is 15.9 Å². The summed E-state index contributed by atoms with van der Waals surface area (Å²) in [6, 6.07) is 6.09. The van der Waals surface area contributed by atoms with Gasteiger partial charge in [0, 0.05) is 10.5 Å². The molecule has 0 bridgehead atoms. The van der Waals surface area contributed by atoms with Crippen LogP contribution < -0.4 is 10.6 Å². The molecule has 23 heavy (non-hydrogen) atoms. The number of benzene rings is 1. The van der Waals surface area contributed by atoms with E-state index in [0.29, 0.717) is 12.1 Å². The van der Waals surface area contributed by atoms with Crippen LogP contribution in [0.15, 0.2) is 28.7 Å². The quantitative estimate of drug-likeness (QED) is 0.797. The zero-order chi connectivity index (χ0) is 16.9. The van der Waals surface area contributed by atoms with E-state index >= 15 is 0 Å². The molecule has 2 N–H and O–H groups in total. The van der Waals surface area contributed by atoms with Crippen molar-refractivity contribution in [3.63, 3.8) is 0 Å². The van der Waals surface area contributed by atoms with Crippen LogP contribution in [-0.4, -0.2) is 41.8 Å². The minimum atomic E-state index is -0.734. The fraction of sp³-hybridized carbons (Fsp3) is 0.438. The van der Waals surface area contributed by atoms with Gasteiger partial charge in [-0.05, 0) is 37.7 Å². The molecule has 2 heterocycles. The molecular weight excluding hydrogens is 362 g/mol. The van der Waals surface area contributed by atoms with E-state index in [1.165, 1.54) is 4.90 Å². The molecule has 2 saturated heterocycles. The van der Waals surface area contributed by atoms with E-state index in [0.717, 1.165) is 4.47 Å². The average Bonchev–Trinajstić information content (AvgIpc) is 2.93. The highest BCUT2D eigenvalue weighted by atomic mass is 79.9. The van der Waals surface area contributed by atoms with Gasteiger partial charge in [0.05, 0.1) is 17.5 Å². The number of nitrogens with zero attached hydrogens (tertiary/aromatic N) is 2. The molecule has 1 aromatic rings. The standard InChI is InChI=1S/C16H18BrN3O3/c1-3-10-11-12(13(14(18)21)19(10)2)16(23)20(15(11)22)9-6-4-8(17)5-7-9/h4-7,10-13H,3H2,1-2H3,(H2,18,21)/t10-,11+,12+,13-/m1/s1. The van der Waals surface area contributed by atoms with Gasteiger partial charge in [-0.2, -0.15) is 0 Å². The molecule has 2 fully saturated rings. The van der Waals surface area contributed by atoms with Gasteiger partial charge in [-0.1, -0.05) is 22.9 Å². The summed E-state index contributed by atoms with van der Waals surface area (Å²) >= 11 is 3.33. The SMILES string of the molecule is CC[C@@H]1[C@@H]2C(=O)N(c3ccc(Br)cc3)C(=O)[C@@H]2[C@H](C(N)=O)N1C. The second-order valence-corrected chi connectivity index (χ2v) is 6.94. The Kier molecular flexibility index (Phi) is 4.01. The highest BCUT2D eigenvalue weighted by Gasteiger charge is 2.62. The highest BCUT2D eigenvalue weighted by molar-refractivity contribution is 9.10. The number of hydrogen-bond acceptors (Lipinski definition) is 4. The Bertz CT molecular complexity index is 676. The topological polar surface area (TPSA) is 83.7 Å². The van der Waals surface area contributed by atoms with Gasteiger partial charge in [-0.3, -0.25) is 19.3 Å². The van der Waals surface area contributed by atoms with Crippen molar-refractivity contribution >= 4 is 39.3 Å². The Hall–Kier alpha value is -1.73. The number of fused-ring (bicyclic) bond motifs is 1. The average molecular weight is 380 g/mol. The van der Waals surface area contributed by atoms with E-state index in [-0.39, 0.29) is 17.9 Å². The van der Waals surface area contributed by atoms with Crippen LogP contribution in [0.25, 0.3) is 0 Å². The Morgan fingerprint density at radius 2 is 1.74 bits per heavy atom. The van der Waals surface area contributed by atoms with Gasteiger partial charge in [0.15, 0.2) is 0 Å². The number of hydrogen-bond donors (Lipinski definition) is 1. The number of nitrogens with two attached hydrogens (primary N) is 1. The number of likely N-dealkylation sites (tertiary alicyclic amines) is 1. The fourth-order valence-corrected chi connectivity index (χ4v) is 4.19. The van der Waals surface area contributed by atoms with Crippen molar-refractivity contribution in [1.82, 2.24) is 4.90 Å². The van der Waals surface area contributed by atoms with E-state index < -0.39 is 23.8 Å². The first-order valence-corrected chi connectivity index (χ1v) is 8.32. The summed E-state index contributed by atoms with van der Waals surface area (Å²) in [6.45, 7) is 1.95. The summed E-state index contributed by atoms with van der Waals surface area (Å²) in [5, 5.41) is 0. The van der Waals surface area contributed by atoms with Gasteiger partial charge >= 0.3 is 0 Å². The number of anilines is 1. The van der Waals surface area contributed by atoms with Crippen LogP contribution in [0, 0.1) is 11.8 Å². The van der Waals surface area contributed by atoms with Crippen molar-refractivity contribution in [2.24, 2.45) is 17.6 Å². The zero-order valence-electron chi connectivity index (χ0n) is 12.9. The van der Waals surface area contributed by atoms with Crippen molar-refractivity contribution in [2.75, 3.05) is 11.9 Å². The van der Waals surface area contributed by atoms with Crippen LogP contribution in [0.2, 0.25) is 0 Å². The number of halogens is 1. The smallest absolute Gasteiger partial charge is 0.239 e. The lowest BCUT2D eigenvalue weighted by Crippen LogP contribution is -2.48. The normalized spacial score (nSPS) is 30.8. The number of carbonyl (C=O) groups excluding carboxylic acids is 3. The van der Waals surface area contributed by atoms with Crippen LogP contribution in [0.3, 0.4) is 0 Å². The van der Waals surface area contributed by atoms with E-state index in [1.54, 1.807) is 36.2 Å². The van der Waals surface area contributed by atoms with Gasteiger partial charge in [0.2, 0.25) is 17.7 Å². The van der Waals surface area contributed by atoms with E-state index in [9.17, 15) is 14.4 Å². The second kappa shape index (κ2) is 5.72. The predicted octanol–water partition coefficient (Wildman–Crippen LogP) is 1.13. The summed E-state index contributed by atoms with van der Waals surface area (Å²) < 4.78 is 0.863. The van der Waals surface area contributed by atoms with Crippen molar-refractivity contribution in [3.8, 4) is 0 Å². The lowest BCUT2D eigenvalue weighted by Gasteiger charge is -2.27. The van der Waals surface area contributed by atoms with Gasteiger partial charge in [-0.25, -0.2) is 4.90 Å². The largest absolute Gasteiger partial charge is 0.368 e. The maximum Gasteiger partial charge on any atom is 0.239 e. The first-order chi connectivity index (χ1) is 10.9. The third-order valence-electron chi connectivity index (χ3n) is 4.91. The van der Waals surface area contributed by atoms with Crippen LogP contribution in [0.5, 0.6) is 0 Å². The summed E-state index contributed by atoms with van der Waals surface area (Å²) in [4.78, 5) is 40.6. The molecule has 3 amide bonds. The summed E-state index contributed by atoms with van der Waals surface area (Å²) in [5.41, 5.74) is 6.03. The summed E-state index contributed by atoms with van der Waals surface area (Å²) in [5.74, 6) is -2.35. The lowest BCUT2D eigenvalue weighted by atomic mass is 9.88. The van der Waals surface area contributed by atoms with Crippen molar-refractivity contribution in [1.29, 1.82) is 0 Å². The molecule has 122 valence electrons. The molecule has 6 nitrogen and oxygen atoms in total. The van der Waals surface area contributed by atoms with Crippen molar-refractivity contribution in [3.05, 3.63) is 28.7 Å². The van der Waals surface area contributed by atoms with E-state index in [1.807, 2.05) is 6.92 Å². The fourth-order valence-electron chi connectivity index (χ4n) is 3.93. The summed E-state index contributed by atoms with van der Waals surface area (Å²) in [6.07, 6.45) is 0.675. The Morgan fingerprint density at radius 1 is 1.17 bits per heavy atom.